The van der Waals surface area contributed by atoms with Gasteiger partial charge in [-0.1, -0.05) is 6.07 Å². The number of azide groups is 1. The zero-order valence-corrected chi connectivity index (χ0v) is 5.89. The molecule has 12 heavy (non-hydrogen) atoms. The highest BCUT2D eigenvalue weighted by Crippen LogP contribution is 1.92. The largest absolute Gasteiger partial charge is 0.319 e. The van der Waals surface area contributed by atoms with Crippen molar-refractivity contribution in [2.45, 2.75) is 0 Å². The number of aromatic nitrogens is 1. The maximum absolute atomic E-state index is 10.8. The summed E-state index contributed by atoms with van der Waals surface area (Å²) in [7, 11) is 0. The van der Waals surface area contributed by atoms with Gasteiger partial charge in [0.15, 0.2) is 0 Å². The number of aromatic amines is 1. The Kier molecular flexibility index (Phi) is 2.25. The second kappa shape index (κ2) is 3.36. The molecule has 0 bridgehead atoms. The molecule has 0 saturated heterocycles. The molecule has 0 aliphatic carbocycles. The van der Waals surface area contributed by atoms with Gasteiger partial charge in [0.05, 0.1) is 5.69 Å². The standard InChI is InChI=1S/C6H4N4O2/c7-10-9-6(12)4-2-1-3-5(11)8-4/h1-3H,(H,8,11). The second-order valence-corrected chi connectivity index (χ2v) is 1.92. The van der Waals surface area contributed by atoms with Gasteiger partial charge < -0.3 is 4.98 Å². The highest BCUT2D eigenvalue weighted by atomic mass is 16.2. The molecule has 0 aliphatic heterocycles. The molecule has 1 aromatic rings. The lowest BCUT2D eigenvalue weighted by atomic mass is 10.3. The minimum Gasteiger partial charge on any atom is -0.319 e. The smallest absolute Gasteiger partial charge is 0.265 e. The van der Waals surface area contributed by atoms with Crippen molar-refractivity contribution in [1.29, 1.82) is 0 Å². The van der Waals surface area contributed by atoms with E-state index in [1.165, 1.54) is 18.2 Å². The summed E-state index contributed by atoms with van der Waals surface area (Å²) in [6.07, 6.45) is 0. The van der Waals surface area contributed by atoms with Crippen LogP contribution in [0.4, 0.5) is 0 Å². The van der Waals surface area contributed by atoms with Crippen LogP contribution in [0.5, 0.6) is 0 Å². The van der Waals surface area contributed by atoms with E-state index in [0.717, 1.165) is 0 Å². The van der Waals surface area contributed by atoms with Crippen LogP contribution in [-0.2, 0) is 0 Å². The van der Waals surface area contributed by atoms with E-state index in [-0.39, 0.29) is 5.69 Å². The fourth-order valence-corrected chi connectivity index (χ4v) is 0.667. The van der Waals surface area contributed by atoms with E-state index in [9.17, 15) is 9.59 Å². The number of rotatable bonds is 1. The monoisotopic (exact) mass is 164 g/mol. The topological polar surface area (TPSA) is 98.7 Å². The molecule has 1 aromatic heterocycles. The molecular weight excluding hydrogens is 160 g/mol. The molecule has 0 saturated carbocycles. The van der Waals surface area contributed by atoms with E-state index in [1.807, 2.05) is 0 Å². The van der Waals surface area contributed by atoms with Crippen molar-refractivity contribution in [1.82, 2.24) is 4.98 Å². The molecule has 1 heterocycles. The number of nitrogens with zero attached hydrogens (tertiary/aromatic N) is 3. The Labute approximate surface area is 66.5 Å². The lowest BCUT2D eigenvalue weighted by Crippen LogP contribution is -2.09. The predicted molar refractivity (Wildman–Crippen MR) is 40.5 cm³/mol. The van der Waals surface area contributed by atoms with Crippen LogP contribution < -0.4 is 5.56 Å². The molecule has 1 amide bonds. The molecular formula is C6H4N4O2. The summed E-state index contributed by atoms with van der Waals surface area (Å²) in [4.78, 5) is 26.0. The van der Waals surface area contributed by atoms with Crippen LogP contribution >= 0.6 is 0 Å². The van der Waals surface area contributed by atoms with Crippen LogP contribution in [0.25, 0.3) is 10.4 Å². The Morgan fingerprint density at radius 1 is 1.58 bits per heavy atom. The van der Waals surface area contributed by atoms with Gasteiger partial charge in [0.2, 0.25) is 5.56 Å². The van der Waals surface area contributed by atoms with Crippen molar-refractivity contribution in [2.75, 3.05) is 0 Å². The van der Waals surface area contributed by atoms with Crippen molar-refractivity contribution in [3.05, 3.63) is 44.7 Å². The first kappa shape index (κ1) is 8.03. The second-order valence-electron chi connectivity index (χ2n) is 1.92. The average molecular weight is 164 g/mol. The lowest BCUT2D eigenvalue weighted by molar-refractivity contribution is 0.0995. The first-order chi connectivity index (χ1) is 5.74. The van der Waals surface area contributed by atoms with Crippen molar-refractivity contribution < 1.29 is 4.79 Å². The predicted octanol–water partition coefficient (Wildman–Crippen LogP) is 0.825. The zero-order valence-electron chi connectivity index (χ0n) is 5.89. The number of hydrogen-bond donors (Lipinski definition) is 1. The van der Waals surface area contributed by atoms with Gasteiger partial charge in [0.1, 0.15) is 0 Å². The third-order valence-corrected chi connectivity index (χ3v) is 1.13. The molecule has 60 valence electrons. The van der Waals surface area contributed by atoms with Gasteiger partial charge in [-0.3, -0.25) is 9.59 Å². The number of pyridine rings is 1. The van der Waals surface area contributed by atoms with E-state index in [0.29, 0.717) is 0 Å². The number of hydrogen-bond acceptors (Lipinski definition) is 2. The summed E-state index contributed by atoms with van der Waals surface area (Å²) in [6, 6.07) is 4.02. The molecule has 6 nitrogen and oxygen atoms in total. The normalized spacial score (nSPS) is 8.67. The Bertz CT molecular complexity index is 402. The van der Waals surface area contributed by atoms with Gasteiger partial charge in [-0.05, 0) is 16.7 Å². The van der Waals surface area contributed by atoms with Crippen LogP contribution in [-0.4, -0.2) is 10.9 Å². The molecule has 6 heteroatoms. The summed E-state index contributed by atoms with van der Waals surface area (Å²) < 4.78 is 0. The van der Waals surface area contributed by atoms with Crippen molar-refractivity contribution >= 4 is 5.91 Å². The first-order valence-corrected chi connectivity index (χ1v) is 3.03. The lowest BCUT2D eigenvalue weighted by Gasteiger charge is -1.90. The highest BCUT2D eigenvalue weighted by Gasteiger charge is 2.01. The Morgan fingerprint density at radius 2 is 2.33 bits per heavy atom. The maximum Gasteiger partial charge on any atom is 0.265 e. The molecule has 0 aliphatic rings. The molecule has 1 N–H and O–H groups in total. The fraction of sp³-hybridized carbons (Fsp3) is 0. The molecule has 0 unspecified atom stereocenters. The minimum absolute atomic E-state index is 0.0136. The Hall–Kier alpha value is -2.07. The SMILES string of the molecule is [N-]=[N+]=NC(=O)c1cccc(=O)[nH]1. The first-order valence-electron chi connectivity index (χ1n) is 3.03. The third kappa shape index (κ3) is 1.71. The molecule has 1 rings (SSSR count). The Morgan fingerprint density at radius 3 is 2.92 bits per heavy atom. The van der Waals surface area contributed by atoms with Crippen LogP contribution in [0.3, 0.4) is 0 Å². The summed E-state index contributed by atoms with van der Waals surface area (Å²) in [5.74, 6) is -0.796. The molecule has 0 fully saturated rings. The fourth-order valence-electron chi connectivity index (χ4n) is 0.667. The molecule has 0 atom stereocenters. The molecule has 0 aromatic carbocycles. The average Bonchev–Trinajstić information content (AvgIpc) is 2.05. The highest BCUT2D eigenvalue weighted by molar-refractivity contribution is 5.92. The minimum atomic E-state index is -0.796. The van der Waals surface area contributed by atoms with Gasteiger partial charge in [-0.2, -0.15) is 0 Å². The Balaban J connectivity index is 3.12. The summed E-state index contributed by atoms with van der Waals surface area (Å²) in [5.41, 5.74) is 7.49. The maximum atomic E-state index is 10.8. The van der Waals surface area contributed by atoms with Crippen LogP contribution in [0.15, 0.2) is 28.1 Å². The molecule has 0 spiro atoms. The van der Waals surface area contributed by atoms with Crippen LogP contribution in [0.2, 0.25) is 0 Å². The van der Waals surface area contributed by atoms with Gasteiger partial charge in [0.25, 0.3) is 5.91 Å². The van der Waals surface area contributed by atoms with Gasteiger partial charge in [0, 0.05) is 11.0 Å². The quantitative estimate of drug-likeness (QED) is 0.377. The van der Waals surface area contributed by atoms with E-state index >= 15 is 0 Å². The van der Waals surface area contributed by atoms with Gasteiger partial charge >= 0.3 is 0 Å². The molecule has 0 radical (unpaired) electrons. The number of H-pyrrole nitrogens is 1. The number of nitrogens with one attached hydrogen (secondary N) is 1. The van der Waals surface area contributed by atoms with Crippen molar-refractivity contribution in [2.24, 2.45) is 5.11 Å². The number of amides is 1. The summed E-state index contributed by atoms with van der Waals surface area (Å²) in [6.45, 7) is 0. The summed E-state index contributed by atoms with van der Waals surface area (Å²) in [5, 5.41) is 2.81. The third-order valence-electron chi connectivity index (χ3n) is 1.13. The van der Waals surface area contributed by atoms with E-state index < -0.39 is 11.5 Å². The van der Waals surface area contributed by atoms with Crippen molar-refractivity contribution in [3.8, 4) is 0 Å². The van der Waals surface area contributed by atoms with Gasteiger partial charge in [-0.15, -0.1) is 0 Å². The van der Waals surface area contributed by atoms with Crippen LogP contribution in [0.1, 0.15) is 10.5 Å². The number of carbonyl (C=O) groups is 1. The van der Waals surface area contributed by atoms with E-state index in [1.54, 1.807) is 0 Å². The van der Waals surface area contributed by atoms with E-state index in [2.05, 4.69) is 15.0 Å². The van der Waals surface area contributed by atoms with Crippen LogP contribution in [0, 0.1) is 0 Å². The summed E-state index contributed by atoms with van der Waals surface area (Å²) >= 11 is 0. The number of carbonyl (C=O) groups excluding carboxylic acids is 1. The van der Waals surface area contributed by atoms with Gasteiger partial charge in [-0.25, -0.2) is 0 Å². The zero-order chi connectivity index (χ0) is 8.97. The van der Waals surface area contributed by atoms with E-state index in [4.69, 9.17) is 5.53 Å². The van der Waals surface area contributed by atoms with Crippen molar-refractivity contribution in [3.63, 3.8) is 0 Å².